The van der Waals surface area contributed by atoms with Crippen LogP contribution in [0.5, 0.6) is 0 Å². The summed E-state index contributed by atoms with van der Waals surface area (Å²) in [4.78, 5) is 10.7. The topological polar surface area (TPSA) is 17.1 Å². The summed E-state index contributed by atoms with van der Waals surface area (Å²) < 4.78 is 35.8. The Morgan fingerprint density at radius 3 is 2.45 bits per heavy atom. The highest BCUT2D eigenvalue weighted by Crippen LogP contribution is 2.31. The molecule has 62 valence electrons. The number of alkyl halides is 3. The second-order valence-corrected chi connectivity index (χ2v) is 2.45. The number of ketones is 1. The SMILES string of the molecule is O=C1CCC=CC1C(F)(F)F. The van der Waals surface area contributed by atoms with E-state index in [1.165, 1.54) is 6.08 Å². The van der Waals surface area contributed by atoms with E-state index < -0.39 is 17.9 Å². The Morgan fingerprint density at radius 1 is 1.45 bits per heavy atom. The second-order valence-electron chi connectivity index (χ2n) is 2.45. The molecule has 0 saturated heterocycles. The predicted molar refractivity (Wildman–Crippen MR) is 32.9 cm³/mol. The van der Waals surface area contributed by atoms with Gasteiger partial charge in [0.1, 0.15) is 11.7 Å². The Balaban J connectivity index is 2.77. The minimum Gasteiger partial charge on any atom is -0.299 e. The van der Waals surface area contributed by atoms with Crippen LogP contribution in [-0.4, -0.2) is 12.0 Å². The lowest BCUT2D eigenvalue weighted by Crippen LogP contribution is -2.30. The number of hydrogen-bond acceptors (Lipinski definition) is 1. The maximum Gasteiger partial charge on any atom is 0.401 e. The molecule has 0 aromatic carbocycles. The molecule has 11 heavy (non-hydrogen) atoms. The van der Waals surface area contributed by atoms with Gasteiger partial charge in [-0.15, -0.1) is 0 Å². The molecule has 1 rings (SSSR count). The normalized spacial score (nSPS) is 25.7. The van der Waals surface area contributed by atoms with Gasteiger partial charge in [-0.25, -0.2) is 0 Å². The predicted octanol–water partition coefficient (Wildman–Crippen LogP) is 2.08. The molecule has 0 saturated carbocycles. The van der Waals surface area contributed by atoms with Gasteiger partial charge in [0.15, 0.2) is 0 Å². The Labute approximate surface area is 61.9 Å². The summed E-state index contributed by atoms with van der Waals surface area (Å²) in [7, 11) is 0. The number of hydrogen-bond donors (Lipinski definition) is 0. The maximum atomic E-state index is 11.9. The molecule has 0 N–H and O–H groups in total. The van der Waals surface area contributed by atoms with Crippen molar-refractivity contribution in [3.63, 3.8) is 0 Å². The van der Waals surface area contributed by atoms with Crippen molar-refractivity contribution in [2.75, 3.05) is 0 Å². The van der Waals surface area contributed by atoms with E-state index in [2.05, 4.69) is 0 Å². The van der Waals surface area contributed by atoms with Crippen molar-refractivity contribution in [1.82, 2.24) is 0 Å². The summed E-state index contributed by atoms with van der Waals surface area (Å²) >= 11 is 0. The molecule has 0 amide bonds. The highest BCUT2D eigenvalue weighted by Gasteiger charge is 2.43. The van der Waals surface area contributed by atoms with E-state index in [1.54, 1.807) is 0 Å². The molecule has 1 atom stereocenters. The van der Waals surface area contributed by atoms with Crippen molar-refractivity contribution in [3.05, 3.63) is 12.2 Å². The van der Waals surface area contributed by atoms with Gasteiger partial charge >= 0.3 is 6.18 Å². The summed E-state index contributed by atoms with van der Waals surface area (Å²) in [5.41, 5.74) is 0. The third-order valence-electron chi connectivity index (χ3n) is 1.59. The summed E-state index contributed by atoms with van der Waals surface area (Å²) in [6.45, 7) is 0. The molecule has 4 heteroatoms. The van der Waals surface area contributed by atoms with Crippen LogP contribution >= 0.6 is 0 Å². The third kappa shape index (κ3) is 1.82. The lowest BCUT2D eigenvalue weighted by Gasteiger charge is -2.17. The smallest absolute Gasteiger partial charge is 0.299 e. The molecule has 1 aliphatic rings. The summed E-state index contributed by atoms with van der Waals surface area (Å²) in [6, 6.07) is 0. The number of Topliss-reactive ketones (excluding diaryl/α,β-unsaturated/α-hetero) is 1. The molecule has 0 fully saturated rings. The van der Waals surface area contributed by atoms with Gasteiger partial charge in [-0.2, -0.15) is 13.2 Å². The Hall–Kier alpha value is -0.800. The monoisotopic (exact) mass is 164 g/mol. The van der Waals surface area contributed by atoms with Gasteiger partial charge < -0.3 is 0 Å². The summed E-state index contributed by atoms with van der Waals surface area (Å²) in [5, 5.41) is 0. The average molecular weight is 164 g/mol. The summed E-state index contributed by atoms with van der Waals surface area (Å²) in [6.07, 6.45) is -1.61. The van der Waals surface area contributed by atoms with Crippen molar-refractivity contribution >= 4 is 5.78 Å². The van der Waals surface area contributed by atoms with E-state index >= 15 is 0 Å². The molecule has 0 radical (unpaired) electrons. The van der Waals surface area contributed by atoms with Crippen LogP contribution in [0.15, 0.2) is 12.2 Å². The van der Waals surface area contributed by atoms with Crippen LogP contribution in [0, 0.1) is 5.92 Å². The molecule has 0 aromatic heterocycles. The molecular weight excluding hydrogens is 157 g/mol. The van der Waals surface area contributed by atoms with Gasteiger partial charge in [-0.05, 0) is 6.42 Å². The fourth-order valence-electron chi connectivity index (χ4n) is 1.01. The van der Waals surface area contributed by atoms with Crippen molar-refractivity contribution in [3.8, 4) is 0 Å². The number of carbonyl (C=O) groups excluding carboxylic acids is 1. The van der Waals surface area contributed by atoms with E-state index in [1.807, 2.05) is 0 Å². The van der Waals surface area contributed by atoms with Crippen LogP contribution in [0.1, 0.15) is 12.8 Å². The zero-order valence-corrected chi connectivity index (χ0v) is 5.69. The van der Waals surface area contributed by atoms with E-state index in [4.69, 9.17) is 0 Å². The Morgan fingerprint density at radius 2 is 2.09 bits per heavy atom. The van der Waals surface area contributed by atoms with Crippen LogP contribution in [0.3, 0.4) is 0 Å². The van der Waals surface area contributed by atoms with Gasteiger partial charge in [0.05, 0.1) is 0 Å². The highest BCUT2D eigenvalue weighted by atomic mass is 19.4. The molecule has 1 unspecified atom stereocenters. The average Bonchev–Trinajstić information content (AvgIpc) is 1.86. The maximum absolute atomic E-state index is 11.9. The van der Waals surface area contributed by atoms with Crippen molar-refractivity contribution in [1.29, 1.82) is 0 Å². The molecular formula is C7H7F3O. The van der Waals surface area contributed by atoms with Crippen LogP contribution in [0.4, 0.5) is 13.2 Å². The lowest BCUT2D eigenvalue weighted by molar-refractivity contribution is -0.171. The Bertz CT molecular complexity index is 192. The van der Waals surface area contributed by atoms with Gasteiger partial charge in [0.2, 0.25) is 0 Å². The van der Waals surface area contributed by atoms with Crippen LogP contribution in [-0.2, 0) is 4.79 Å². The molecule has 0 aromatic rings. The number of rotatable bonds is 0. The fraction of sp³-hybridized carbons (Fsp3) is 0.571. The first-order valence-electron chi connectivity index (χ1n) is 3.28. The lowest BCUT2D eigenvalue weighted by atomic mass is 9.94. The van der Waals surface area contributed by atoms with E-state index in [9.17, 15) is 18.0 Å². The van der Waals surface area contributed by atoms with Gasteiger partial charge in [0.25, 0.3) is 0 Å². The third-order valence-corrected chi connectivity index (χ3v) is 1.59. The van der Waals surface area contributed by atoms with Crippen molar-refractivity contribution < 1.29 is 18.0 Å². The highest BCUT2D eigenvalue weighted by molar-refractivity contribution is 5.84. The number of allylic oxidation sites excluding steroid dienone is 2. The summed E-state index contributed by atoms with van der Waals surface area (Å²) in [5.74, 6) is -2.57. The van der Waals surface area contributed by atoms with Crippen molar-refractivity contribution in [2.45, 2.75) is 19.0 Å². The second kappa shape index (κ2) is 2.68. The van der Waals surface area contributed by atoms with E-state index in [-0.39, 0.29) is 6.42 Å². The van der Waals surface area contributed by atoms with E-state index in [0.29, 0.717) is 6.42 Å². The quantitative estimate of drug-likeness (QED) is 0.501. The minimum absolute atomic E-state index is 0.0146. The van der Waals surface area contributed by atoms with Crippen LogP contribution in [0.2, 0.25) is 0 Å². The largest absolute Gasteiger partial charge is 0.401 e. The van der Waals surface area contributed by atoms with Gasteiger partial charge in [0, 0.05) is 6.42 Å². The molecule has 1 nitrogen and oxygen atoms in total. The molecule has 0 heterocycles. The van der Waals surface area contributed by atoms with Crippen LogP contribution in [0.25, 0.3) is 0 Å². The van der Waals surface area contributed by atoms with Crippen LogP contribution < -0.4 is 0 Å². The molecule has 0 bridgehead atoms. The Kier molecular flexibility index (Phi) is 2.02. The first-order valence-corrected chi connectivity index (χ1v) is 3.28. The zero-order valence-electron chi connectivity index (χ0n) is 5.69. The van der Waals surface area contributed by atoms with Gasteiger partial charge in [-0.3, -0.25) is 4.79 Å². The molecule has 0 aliphatic heterocycles. The fourth-order valence-corrected chi connectivity index (χ4v) is 1.01. The standard InChI is InChI=1S/C7H7F3O/c8-7(9,10)5-3-1-2-4-6(5)11/h1,3,5H,2,4H2. The van der Waals surface area contributed by atoms with Crippen molar-refractivity contribution in [2.24, 2.45) is 5.92 Å². The first-order chi connectivity index (χ1) is 5.02. The first kappa shape index (κ1) is 8.30. The zero-order chi connectivity index (χ0) is 8.48. The molecule has 0 spiro atoms. The number of halogens is 3. The number of carbonyl (C=O) groups is 1. The molecule has 1 aliphatic carbocycles. The van der Waals surface area contributed by atoms with Gasteiger partial charge in [-0.1, -0.05) is 12.2 Å². The van der Waals surface area contributed by atoms with E-state index in [0.717, 1.165) is 6.08 Å². The minimum atomic E-state index is -4.39.